The van der Waals surface area contributed by atoms with Crippen LogP contribution in [0.4, 0.5) is 14.5 Å². The molecule has 0 heterocycles. The number of methoxy groups -OCH3 is 1. The van der Waals surface area contributed by atoms with Crippen LogP contribution in [0.1, 0.15) is 15.9 Å². The van der Waals surface area contributed by atoms with Gasteiger partial charge in [0.05, 0.1) is 7.11 Å². The monoisotopic (exact) mass is 432 g/mol. The third-order valence-corrected chi connectivity index (χ3v) is 5.59. The summed E-state index contributed by atoms with van der Waals surface area (Å²) in [5.41, 5.74) is 0.830. The molecule has 0 radical (unpaired) electrons. The van der Waals surface area contributed by atoms with Crippen molar-refractivity contribution >= 4 is 21.6 Å². The zero-order valence-corrected chi connectivity index (χ0v) is 16.7. The first-order valence-corrected chi connectivity index (χ1v) is 10.3. The van der Waals surface area contributed by atoms with Crippen LogP contribution >= 0.6 is 0 Å². The molecule has 3 rings (SSSR count). The molecule has 0 bridgehead atoms. The van der Waals surface area contributed by atoms with Crippen molar-refractivity contribution in [3.05, 3.63) is 89.5 Å². The van der Waals surface area contributed by atoms with E-state index in [1.54, 1.807) is 12.1 Å². The molecular formula is C21H18F2N2O4S. The van der Waals surface area contributed by atoms with Gasteiger partial charge < -0.3 is 10.1 Å². The molecule has 0 aliphatic heterocycles. The number of carbonyl (C=O) groups excluding carboxylic acids is 1. The van der Waals surface area contributed by atoms with Crippen molar-refractivity contribution in [2.75, 3.05) is 11.8 Å². The third kappa shape index (κ3) is 5.12. The van der Waals surface area contributed by atoms with Crippen molar-refractivity contribution in [1.82, 2.24) is 5.32 Å². The molecule has 156 valence electrons. The topological polar surface area (TPSA) is 84.5 Å². The summed E-state index contributed by atoms with van der Waals surface area (Å²) < 4.78 is 59.7. The number of hydrogen-bond acceptors (Lipinski definition) is 4. The van der Waals surface area contributed by atoms with Crippen LogP contribution in [0.3, 0.4) is 0 Å². The first kappa shape index (κ1) is 21.3. The van der Waals surface area contributed by atoms with Gasteiger partial charge in [-0.25, -0.2) is 17.2 Å². The summed E-state index contributed by atoms with van der Waals surface area (Å²) in [4.78, 5) is 11.7. The Labute approximate surface area is 172 Å². The van der Waals surface area contributed by atoms with E-state index < -0.39 is 32.5 Å². The maximum Gasteiger partial charge on any atom is 0.264 e. The van der Waals surface area contributed by atoms with Crippen molar-refractivity contribution in [1.29, 1.82) is 0 Å². The standard InChI is InChI=1S/C21H18F2N2O4S/c1-29-18-9-7-17(8-10-18)25-30(27,28)20-12-15(4-11-19(20)23)21(26)24-13-14-2-5-16(22)6-3-14/h2-12,25H,13H2,1H3,(H,24,26). The highest BCUT2D eigenvalue weighted by Crippen LogP contribution is 2.22. The molecule has 0 saturated heterocycles. The van der Waals surface area contributed by atoms with Gasteiger partial charge in [-0.15, -0.1) is 0 Å². The van der Waals surface area contributed by atoms with E-state index in [1.165, 1.54) is 49.6 Å². The van der Waals surface area contributed by atoms with Gasteiger partial charge in [0.2, 0.25) is 0 Å². The maximum atomic E-state index is 14.2. The van der Waals surface area contributed by atoms with Crippen molar-refractivity contribution < 1.29 is 26.7 Å². The van der Waals surface area contributed by atoms with Gasteiger partial charge in [0.25, 0.3) is 15.9 Å². The molecule has 3 aromatic rings. The summed E-state index contributed by atoms with van der Waals surface area (Å²) in [6.07, 6.45) is 0. The summed E-state index contributed by atoms with van der Waals surface area (Å²) in [6.45, 7) is 0.0999. The molecule has 9 heteroatoms. The number of ether oxygens (including phenoxy) is 1. The van der Waals surface area contributed by atoms with Crippen LogP contribution in [0.2, 0.25) is 0 Å². The van der Waals surface area contributed by atoms with Gasteiger partial charge in [-0.3, -0.25) is 9.52 Å². The fourth-order valence-corrected chi connectivity index (χ4v) is 3.77. The minimum atomic E-state index is -4.28. The fraction of sp³-hybridized carbons (Fsp3) is 0.0952. The predicted molar refractivity (Wildman–Crippen MR) is 108 cm³/mol. The SMILES string of the molecule is COc1ccc(NS(=O)(=O)c2cc(C(=O)NCc3ccc(F)cc3)ccc2F)cc1. The second-order valence-corrected chi connectivity index (χ2v) is 7.94. The third-order valence-electron chi connectivity index (χ3n) is 4.19. The Morgan fingerprint density at radius 3 is 2.27 bits per heavy atom. The smallest absolute Gasteiger partial charge is 0.264 e. The molecule has 2 N–H and O–H groups in total. The molecule has 0 aromatic heterocycles. The van der Waals surface area contributed by atoms with Gasteiger partial charge >= 0.3 is 0 Å². The zero-order valence-electron chi connectivity index (χ0n) is 15.9. The molecule has 3 aromatic carbocycles. The highest BCUT2D eigenvalue weighted by molar-refractivity contribution is 7.92. The van der Waals surface area contributed by atoms with Gasteiger partial charge in [0, 0.05) is 17.8 Å². The van der Waals surface area contributed by atoms with Crippen LogP contribution in [0, 0.1) is 11.6 Å². The summed E-state index contributed by atoms with van der Waals surface area (Å²) in [7, 11) is -2.81. The molecule has 0 atom stereocenters. The van der Waals surface area contributed by atoms with Gasteiger partial charge in [-0.2, -0.15) is 0 Å². The fourth-order valence-electron chi connectivity index (χ4n) is 2.61. The summed E-state index contributed by atoms with van der Waals surface area (Å²) in [5, 5.41) is 2.58. The van der Waals surface area contributed by atoms with Gasteiger partial charge in [-0.05, 0) is 60.2 Å². The van der Waals surface area contributed by atoms with E-state index >= 15 is 0 Å². The number of anilines is 1. The Kier molecular flexibility index (Phi) is 6.31. The molecule has 30 heavy (non-hydrogen) atoms. The Morgan fingerprint density at radius 1 is 0.967 bits per heavy atom. The van der Waals surface area contributed by atoms with Crippen molar-refractivity contribution in [2.45, 2.75) is 11.4 Å². The summed E-state index contributed by atoms with van der Waals surface area (Å²) in [5.74, 6) is -1.46. The second kappa shape index (κ2) is 8.91. The van der Waals surface area contributed by atoms with Gasteiger partial charge in [-0.1, -0.05) is 12.1 Å². The van der Waals surface area contributed by atoms with Crippen LogP contribution < -0.4 is 14.8 Å². The number of halogens is 2. The van der Waals surface area contributed by atoms with Crippen molar-refractivity contribution in [3.8, 4) is 5.75 Å². The van der Waals surface area contributed by atoms with Gasteiger partial charge in [0.1, 0.15) is 22.3 Å². The van der Waals surface area contributed by atoms with Crippen LogP contribution in [0.25, 0.3) is 0 Å². The molecular weight excluding hydrogens is 414 g/mol. The van der Waals surface area contributed by atoms with E-state index in [9.17, 15) is 22.0 Å². The predicted octanol–water partition coefficient (Wildman–Crippen LogP) is 3.70. The molecule has 0 spiro atoms. The molecule has 0 fully saturated rings. The minimum absolute atomic E-state index is 0.0337. The lowest BCUT2D eigenvalue weighted by Gasteiger charge is -2.11. The average Bonchev–Trinajstić information content (AvgIpc) is 2.73. The van der Waals surface area contributed by atoms with Crippen LogP contribution in [-0.4, -0.2) is 21.4 Å². The second-order valence-electron chi connectivity index (χ2n) is 6.29. The average molecular weight is 432 g/mol. The lowest BCUT2D eigenvalue weighted by molar-refractivity contribution is 0.0950. The summed E-state index contributed by atoms with van der Waals surface area (Å²) >= 11 is 0. The molecule has 0 unspecified atom stereocenters. The normalized spacial score (nSPS) is 11.0. The molecule has 6 nitrogen and oxygen atoms in total. The largest absolute Gasteiger partial charge is 0.497 e. The number of sulfonamides is 1. The van der Waals surface area contributed by atoms with Crippen molar-refractivity contribution in [2.24, 2.45) is 0 Å². The quantitative estimate of drug-likeness (QED) is 0.596. The molecule has 0 aliphatic carbocycles. The maximum absolute atomic E-state index is 14.2. The van der Waals surface area contributed by atoms with E-state index in [-0.39, 0.29) is 17.8 Å². The number of carbonyl (C=O) groups is 1. The zero-order chi connectivity index (χ0) is 21.7. The lowest BCUT2D eigenvalue weighted by atomic mass is 10.2. The molecule has 0 aliphatic rings. The molecule has 1 amide bonds. The Bertz CT molecular complexity index is 1150. The number of hydrogen-bond donors (Lipinski definition) is 2. The summed E-state index contributed by atoms with van der Waals surface area (Å²) in [6, 6.07) is 14.6. The van der Waals surface area contributed by atoms with Crippen LogP contribution in [0.15, 0.2) is 71.6 Å². The van der Waals surface area contributed by atoms with E-state index in [0.717, 1.165) is 12.1 Å². The number of benzene rings is 3. The van der Waals surface area contributed by atoms with E-state index in [0.29, 0.717) is 11.3 Å². The minimum Gasteiger partial charge on any atom is -0.497 e. The number of amides is 1. The van der Waals surface area contributed by atoms with Crippen LogP contribution in [0.5, 0.6) is 5.75 Å². The lowest BCUT2D eigenvalue weighted by Crippen LogP contribution is -2.23. The van der Waals surface area contributed by atoms with Crippen LogP contribution in [-0.2, 0) is 16.6 Å². The van der Waals surface area contributed by atoms with Crippen molar-refractivity contribution in [3.63, 3.8) is 0 Å². The number of nitrogens with one attached hydrogen (secondary N) is 2. The number of rotatable bonds is 7. The van der Waals surface area contributed by atoms with E-state index in [2.05, 4.69) is 10.0 Å². The Morgan fingerprint density at radius 2 is 1.63 bits per heavy atom. The van der Waals surface area contributed by atoms with E-state index in [1.807, 2.05) is 0 Å². The Balaban J connectivity index is 1.77. The van der Waals surface area contributed by atoms with E-state index in [4.69, 9.17) is 4.74 Å². The first-order valence-electron chi connectivity index (χ1n) is 8.77. The Hall–Kier alpha value is -3.46. The molecule has 0 saturated carbocycles. The highest BCUT2D eigenvalue weighted by atomic mass is 32.2. The highest BCUT2D eigenvalue weighted by Gasteiger charge is 2.21. The first-order chi connectivity index (χ1) is 14.3. The van der Waals surface area contributed by atoms with Gasteiger partial charge in [0.15, 0.2) is 0 Å².